The molecule has 0 atom stereocenters. The predicted octanol–water partition coefficient (Wildman–Crippen LogP) is 16.9. The molecular formula is C86H74Cu2N2P4Pt2+2. The first-order chi connectivity index (χ1) is 45.4. The van der Waals surface area contributed by atoms with Crippen molar-refractivity contribution < 1.29 is 76.3 Å². The first-order valence-electron chi connectivity index (χ1n) is 29.8. The molecular weight excluding hydrogens is 1700 g/mol. The molecule has 0 unspecified atom stereocenters. The molecule has 0 bridgehead atoms. The molecule has 488 valence electrons. The topological polar surface area (TPSA) is 47.6 Å². The van der Waals surface area contributed by atoms with Crippen LogP contribution in [0.2, 0.25) is 0 Å². The van der Waals surface area contributed by atoms with E-state index in [4.69, 9.17) is 36.2 Å². The van der Waals surface area contributed by atoms with Crippen molar-refractivity contribution in [2.75, 3.05) is 11.8 Å². The first kappa shape index (κ1) is 86.0. The fraction of sp³-hybridized carbons (Fsp3) is 0.0465. The van der Waals surface area contributed by atoms with Gasteiger partial charge in [0.2, 0.25) is 0 Å². The number of benzene rings is 12. The monoisotopic (exact) mass is 1770 g/mol. The molecule has 0 aromatic heterocycles. The molecule has 10 heteroatoms. The number of nitriles is 2. The standard InChI is InChI=1S/2C25H22P2.4C8H5.2C2H3N.2Cu.2Pt/c2*1-5-13-22(14-6-1)26(23-15-7-2-8-16-23)21-27(24-17-9-3-10-18-24)25-19-11-4-12-20-25;4*1-2-8-6-4-3-5-7-8;2*1-2-3;;;;/h2*1-20H,21H2;4*3-7H;2*1H3;;;;/q;;4*-1;;;2*+1;;/p+4. The van der Waals surface area contributed by atoms with Crippen LogP contribution >= 0.6 is 31.7 Å². The van der Waals surface area contributed by atoms with Crippen LogP contribution in [-0.4, -0.2) is 11.8 Å². The molecule has 0 saturated heterocycles. The summed E-state index contributed by atoms with van der Waals surface area (Å²) in [6.07, 6.45) is 26.8. The van der Waals surface area contributed by atoms with Gasteiger partial charge in [0.25, 0.3) is 0 Å². The maximum Gasteiger partial charge on any atom is 1.00 e. The van der Waals surface area contributed by atoms with Gasteiger partial charge in [0.15, 0.2) is 11.8 Å². The molecule has 0 heterocycles. The molecule has 12 rings (SSSR count). The SMILES string of the molecule is CC#N.CC#N.[C-]#Cc1ccccc1.[C-]#Cc1ccccc1.[C-]#Cc1ccccc1.[C-]#Cc1ccccc1.[Cu+].[Cu+].[Pt].[Pt].c1ccc([PH+](C[PH+](c2ccccc2)c2ccccc2)c2ccccc2)cc1.c1ccc([PH+](C[PH+](c2ccccc2)c2ccccc2)c2ccccc2)cc1. The first-order valence-corrected chi connectivity index (χ1v) is 36.6. The molecule has 96 heavy (non-hydrogen) atoms. The Balaban J connectivity index is 0.000000613. The van der Waals surface area contributed by atoms with E-state index in [1.807, 2.05) is 121 Å². The van der Waals surface area contributed by atoms with E-state index in [2.05, 4.69) is 266 Å². The van der Waals surface area contributed by atoms with E-state index in [0.717, 1.165) is 22.3 Å². The minimum absolute atomic E-state index is 0. The van der Waals surface area contributed by atoms with Crippen molar-refractivity contribution in [3.05, 3.63) is 412 Å². The molecule has 12 aromatic rings. The number of hydrogen-bond acceptors (Lipinski definition) is 2. The Bertz CT molecular complexity index is 3430. The van der Waals surface area contributed by atoms with Gasteiger partial charge in [-0.2, -0.15) is 10.5 Å². The molecule has 2 nitrogen and oxygen atoms in total. The summed E-state index contributed by atoms with van der Waals surface area (Å²) in [4.78, 5) is 0. The fourth-order valence-corrected chi connectivity index (χ4v) is 24.5. The van der Waals surface area contributed by atoms with E-state index >= 15 is 0 Å². The Morgan fingerprint density at radius 1 is 0.219 bits per heavy atom. The summed E-state index contributed by atoms with van der Waals surface area (Å²) in [6, 6.07) is 130. The molecule has 0 aliphatic carbocycles. The Labute approximate surface area is 628 Å². The van der Waals surface area contributed by atoms with E-state index in [-0.39, 0.29) is 76.3 Å². The van der Waals surface area contributed by atoms with Gasteiger partial charge < -0.3 is 25.7 Å². The maximum atomic E-state index is 7.32. The van der Waals surface area contributed by atoms with Gasteiger partial charge >= 0.3 is 34.1 Å². The third kappa shape index (κ3) is 33.6. The number of rotatable bonds is 12. The van der Waals surface area contributed by atoms with Crippen LogP contribution in [0.1, 0.15) is 36.1 Å². The molecule has 0 radical (unpaired) electrons. The second kappa shape index (κ2) is 55.2. The maximum absolute atomic E-state index is 7.32. The zero-order valence-corrected chi connectivity index (χ0v) is 63.6. The quantitative estimate of drug-likeness (QED) is 0.0530. The second-order valence-corrected chi connectivity index (χ2v) is 30.9. The van der Waals surface area contributed by atoms with Crippen molar-refractivity contribution in [1.29, 1.82) is 10.5 Å². The Hall–Kier alpha value is -8.00. The Morgan fingerprint density at radius 2 is 0.312 bits per heavy atom. The van der Waals surface area contributed by atoms with E-state index in [1.54, 1.807) is 12.1 Å². The van der Waals surface area contributed by atoms with Crippen molar-refractivity contribution >= 4 is 74.1 Å². The van der Waals surface area contributed by atoms with Crippen LogP contribution in [0.5, 0.6) is 0 Å². The normalized spacial score (nSPS) is 9.00. The average molecular weight is 1780 g/mol. The van der Waals surface area contributed by atoms with Crippen molar-refractivity contribution in [1.82, 2.24) is 0 Å². The van der Waals surface area contributed by atoms with Gasteiger partial charge in [-0.1, -0.05) is 218 Å². The Kier molecular flexibility index (Phi) is 49.4. The minimum atomic E-state index is -0.847. The molecule has 0 fully saturated rings. The number of hydrogen-bond donors (Lipinski definition) is 0. The van der Waals surface area contributed by atoms with Gasteiger partial charge in [-0.25, -0.2) is 0 Å². The van der Waals surface area contributed by atoms with Crippen molar-refractivity contribution in [3.8, 4) is 35.8 Å². The Morgan fingerprint density at radius 3 is 0.396 bits per heavy atom. The van der Waals surface area contributed by atoms with Crippen molar-refractivity contribution in [3.63, 3.8) is 0 Å². The van der Waals surface area contributed by atoms with Gasteiger partial charge in [-0.15, -0.1) is 70.8 Å². The van der Waals surface area contributed by atoms with E-state index in [9.17, 15) is 0 Å². The summed E-state index contributed by atoms with van der Waals surface area (Å²) in [5.41, 5.74) is 3.31. The summed E-state index contributed by atoms with van der Waals surface area (Å²) < 4.78 is 0. The van der Waals surface area contributed by atoms with Gasteiger partial charge in [0.05, 0.1) is 12.1 Å². The van der Waals surface area contributed by atoms with Crippen LogP contribution in [0.15, 0.2) is 364 Å². The third-order valence-electron chi connectivity index (χ3n) is 13.4. The minimum Gasteiger partial charge on any atom is -0.366 e. The van der Waals surface area contributed by atoms with Gasteiger partial charge in [0, 0.05) is 56.0 Å². The molecule has 0 saturated carbocycles. The summed E-state index contributed by atoms with van der Waals surface area (Å²) in [5, 5.41) is 26.7. The van der Waals surface area contributed by atoms with Crippen LogP contribution in [0.25, 0.3) is 0 Å². The molecule has 0 aliphatic heterocycles. The van der Waals surface area contributed by atoms with Crippen LogP contribution in [0.4, 0.5) is 0 Å². The van der Waals surface area contributed by atoms with Gasteiger partial charge in [-0.3, -0.25) is 23.7 Å². The summed E-state index contributed by atoms with van der Waals surface area (Å²) >= 11 is 0. The van der Waals surface area contributed by atoms with Gasteiger partial charge in [-0.05, 0) is 97.1 Å². The van der Waals surface area contributed by atoms with E-state index in [1.165, 1.54) is 68.1 Å². The molecule has 0 spiro atoms. The molecule has 0 amide bonds. The van der Waals surface area contributed by atoms with Crippen molar-refractivity contribution in [2.45, 2.75) is 13.8 Å². The fourth-order valence-electron chi connectivity index (χ4n) is 9.04. The van der Waals surface area contributed by atoms with Crippen LogP contribution < -0.4 is 42.4 Å². The van der Waals surface area contributed by atoms with Gasteiger partial charge in [0.1, 0.15) is 74.1 Å². The predicted molar refractivity (Wildman–Crippen MR) is 405 cm³/mol. The van der Waals surface area contributed by atoms with E-state index < -0.39 is 31.7 Å². The molecule has 0 aliphatic rings. The molecule has 12 aromatic carbocycles. The van der Waals surface area contributed by atoms with E-state index in [0.29, 0.717) is 0 Å². The summed E-state index contributed by atoms with van der Waals surface area (Å²) in [6.45, 7) is 2.86. The average Bonchev–Trinajstić information content (AvgIpc) is 0.888. The van der Waals surface area contributed by atoms with Crippen LogP contribution in [0.3, 0.4) is 0 Å². The summed E-state index contributed by atoms with van der Waals surface area (Å²) in [7, 11) is -3.39. The zero-order chi connectivity index (χ0) is 65.3. The van der Waals surface area contributed by atoms with Crippen LogP contribution in [0, 0.1) is 72.0 Å². The summed E-state index contributed by atoms with van der Waals surface area (Å²) in [5.74, 6) is 11.6. The van der Waals surface area contributed by atoms with Crippen LogP contribution in [-0.2, 0) is 76.3 Å². The second-order valence-electron chi connectivity index (χ2n) is 19.6. The third-order valence-corrected chi connectivity index (χ3v) is 27.3. The molecule has 0 N–H and O–H groups in total. The van der Waals surface area contributed by atoms with Crippen molar-refractivity contribution in [2.24, 2.45) is 0 Å². The zero-order valence-electron chi connectivity index (χ0n) is 53.2. The largest absolute Gasteiger partial charge is 1.00 e. The number of nitrogens with zero attached hydrogens (tertiary/aromatic N) is 2. The smallest absolute Gasteiger partial charge is 0.366 e.